The van der Waals surface area contributed by atoms with Crippen LogP contribution < -0.4 is 0 Å². The van der Waals surface area contributed by atoms with Gasteiger partial charge in [-0.25, -0.2) is 0 Å². The van der Waals surface area contributed by atoms with Crippen molar-refractivity contribution in [3.63, 3.8) is 0 Å². The quantitative estimate of drug-likeness (QED) is 0.498. The van der Waals surface area contributed by atoms with E-state index in [4.69, 9.17) is 11.6 Å². The van der Waals surface area contributed by atoms with Gasteiger partial charge in [0, 0.05) is 29.6 Å². The number of halogens is 1. The fourth-order valence-electron chi connectivity index (χ4n) is 2.84. The van der Waals surface area contributed by atoms with Crippen LogP contribution in [0.5, 0.6) is 0 Å². The number of nitrogens with zero attached hydrogens (tertiary/aromatic N) is 1. The Bertz CT molecular complexity index is 778. The van der Waals surface area contributed by atoms with E-state index in [0.29, 0.717) is 0 Å². The summed E-state index contributed by atoms with van der Waals surface area (Å²) in [7, 11) is 0. The molecule has 0 radical (unpaired) electrons. The summed E-state index contributed by atoms with van der Waals surface area (Å²) in [6.45, 7) is 2.81. The van der Waals surface area contributed by atoms with Crippen molar-refractivity contribution >= 4 is 28.8 Å². The number of para-hydroxylation sites is 1. The lowest BCUT2D eigenvalue weighted by atomic mass is 9.97. The molecule has 112 valence electrons. The number of carbonyl (C=O) groups is 1. The van der Waals surface area contributed by atoms with E-state index in [2.05, 4.69) is 35.0 Å². The maximum absolute atomic E-state index is 11.0. The van der Waals surface area contributed by atoms with Gasteiger partial charge in [0.25, 0.3) is 0 Å². The first-order chi connectivity index (χ1) is 10.7. The lowest BCUT2D eigenvalue weighted by Crippen LogP contribution is -2.10. The zero-order valence-electron chi connectivity index (χ0n) is 12.4. The average molecular weight is 312 g/mol. The number of benzene rings is 2. The minimum absolute atomic E-state index is 0.0129. The maximum atomic E-state index is 11.0. The molecule has 0 amide bonds. The van der Waals surface area contributed by atoms with Crippen LogP contribution >= 0.6 is 11.6 Å². The topological polar surface area (TPSA) is 22.0 Å². The van der Waals surface area contributed by atoms with Crippen molar-refractivity contribution in [1.82, 2.24) is 4.57 Å². The van der Waals surface area contributed by atoms with Crippen LogP contribution in [0.3, 0.4) is 0 Å². The molecule has 1 aromatic heterocycles. The summed E-state index contributed by atoms with van der Waals surface area (Å²) in [6, 6.07) is 18.6. The smallest absolute Gasteiger partial charge is 0.138 e. The van der Waals surface area contributed by atoms with Gasteiger partial charge in [0.15, 0.2) is 0 Å². The molecule has 1 heterocycles. The van der Waals surface area contributed by atoms with Gasteiger partial charge in [0.1, 0.15) is 6.29 Å². The van der Waals surface area contributed by atoms with Crippen LogP contribution in [0.1, 0.15) is 24.0 Å². The third-order valence-corrected chi connectivity index (χ3v) is 4.59. The van der Waals surface area contributed by atoms with E-state index in [1.807, 2.05) is 37.3 Å². The number of hydrogen-bond acceptors (Lipinski definition) is 1. The van der Waals surface area contributed by atoms with Crippen LogP contribution in [-0.2, 0) is 11.3 Å². The molecule has 0 saturated heterocycles. The average Bonchev–Trinajstić information content (AvgIpc) is 2.93. The van der Waals surface area contributed by atoms with Gasteiger partial charge in [-0.15, -0.1) is 11.6 Å². The van der Waals surface area contributed by atoms with Gasteiger partial charge in [0.05, 0.1) is 5.38 Å². The van der Waals surface area contributed by atoms with E-state index < -0.39 is 5.38 Å². The summed E-state index contributed by atoms with van der Waals surface area (Å²) in [6.07, 6.45) is 2.94. The Labute approximate surface area is 135 Å². The predicted octanol–water partition coefficient (Wildman–Crippen LogP) is 4.60. The van der Waals surface area contributed by atoms with Crippen molar-refractivity contribution < 1.29 is 4.79 Å². The van der Waals surface area contributed by atoms with Crippen LogP contribution in [0, 0.1) is 0 Å². The molecule has 22 heavy (non-hydrogen) atoms. The van der Waals surface area contributed by atoms with Crippen molar-refractivity contribution in [1.29, 1.82) is 0 Å². The first kappa shape index (κ1) is 14.9. The molecule has 0 N–H and O–H groups in total. The Balaban J connectivity index is 2.06. The van der Waals surface area contributed by atoms with Crippen molar-refractivity contribution in [2.45, 2.75) is 24.8 Å². The molecular weight excluding hydrogens is 294 g/mol. The second-order valence-corrected chi connectivity index (χ2v) is 6.09. The van der Waals surface area contributed by atoms with E-state index >= 15 is 0 Å². The third kappa shape index (κ3) is 2.79. The fraction of sp³-hybridized carbons (Fsp3) is 0.211. The molecule has 2 nitrogen and oxygen atoms in total. The molecule has 0 aliphatic heterocycles. The Hall–Kier alpha value is -2.06. The van der Waals surface area contributed by atoms with Crippen LogP contribution in [0.4, 0.5) is 0 Å². The van der Waals surface area contributed by atoms with Gasteiger partial charge in [-0.05, 0) is 17.2 Å². The van der Waals surface area contributed by atoms with Crippen molar-refractivity contribution in [3.05, 3.63) is 71.9 Å². The van der Waals surface area contributed by atoms with Gasteiger partial charge in [0.2, 0.25) is 0 Å². The van der Waals surface area contributed by atoms with Crippen molar-refractivity contribution in [2.75, 3.05) is 0 Å². The van der Waals surface area contributed by atoms with E-state index in [0.717, 1.165) is 18.4 Å². The highest BCUT2D eigenvalue weighted by Gasteiger charge is 2.20. The maximum Gasteiger partial charge on any atom is 0.138 e. The van der Waals surface area contributed by atoms with Gasteiger partial charge < -0.3 is 9.36 Å². The van der Waals surface area contributed by atoms with Crippen LogP contribution in [0.15, 0.2) is 60.8 Å². The lowest BCUT2D eigenvalue weighted by Gasteiger charge is -2.11. The molecule has 0 bridgehead atoms. The van der Waals surface area contributed by atoms with Gasteiger partial charge >= 0.3 is 0 Å². The number of alkyl halides is 1. The standard InChI is InChI=1S/C19H18ClNO/c1-14(18(20)13-22)17-12-21(11-15-7-3-2-4-8-15)19-10-6-5-9-16(17)19/h2-10,12-14,18H,11H2,1H3/t14-,18-/m0/s1. The van der Waals surface area contributed by atoms with Gasteiger partial charge in [-0.2, -0.15) is 0 Å². The molecule has 0 aliphatic rings. The molecule has 0 fully saturated rings. The number of fused-ring (bicyclic) bond motifs is 1. The number of carbonyl (C=O) groups excluding carboxylic acids is 1. The molecule has 0 spiro atoms. The minimum atomic E-state index is -0.504. The Morgan fingerprint density at radius 2 is 1.77 bits per heavy atom. The second kappa shape index (κ2) is 6.37. The summed E-state index contributed by atoms with van der Waals surface area (Å²) in [5.41, 5.74) is 3.54. The molecule has 3 aromatic rings. The number of aromatic nitrogens is 1. The monoisotopic (exact) mass is 311 g/mol. The predicted molar refractivity (Wildman–Crippen MR) is 91.6 cm³/mol. The summed E-state index contributed by atoms with van der Waals surface area (Å²) in [5, 5.41) is 0.661. The Morgan fingerprint density at radius 1 is 1.09 bits per heavy atom. The molecule has 2 atom stereocenters. The Kier molecular flexibility index (Phi) is 4.30. The van der Waals surface area contributed by atoms with Crippen molar-refractivity contribution in [2.24, 2.45) is 0 Å². The summed E-state index contributed by atoms with van der Waals surface area (Å²) >= 11 is 6.14. The lowest BCUT2D eigenvalue weighted by molar-refractivity contribution is -0.107. The SMILES string of the molecule is C[C@@H](c1cn(Cc2ccccc2)c2ccccc12)[C@@H](Cl)C=O. The number of rotatable bonds is 5. The van der Waals surface area contributed by atoms with Crippen LogP contribution in [0.25, 0.3) is 10.9 Å². The van der Waals surface area contributed by atoms with Crippen LogP contribution in [-0.4, -0.2) is 16.2 Å². The summed E-state index contributed by atoms with van der Waals surface area (Å²) in [5.74, 6) is -0.0129. The summed E-state index contributed by atoms with van der Waals surface area (Å²) < 4.78 is 2.23. The Morgan fingerprint density at radius 3 is 2.50 bits per heavy atom. The summed E-state index contributed by atoms with van der Waals surface area (Å²) in [4.78, 5) is 11.0. The minimum Gasteiger partial charge on any atom is -0.343 e. The highest BCUT2D eigenvalue weighted by molar-refractivity contribution is 6.28. The van der Waals surface area contributed by atoms with Gasteiger partial charge in [-0.1, -0.05) is 55.5 Å². The first-order valence-corrected chi connectivity index (χ1v) is 7.85. The third-order valence-electron chi connectivity index (χ3n) is 4.11. The molecule has 0 unspecified atom stereocenters. The zero-order valence-corrected chi connectivity index (χ0v) is 13.2. The van der Waals surface area contributed by atoms with E-state index in [1.54, 1.807) is 0 Å². The second-order valence-electron chi connectivity index (χ2n) is 5.58. The normalized spacial score (nSPS) is 13.9. The van der Waals surface area contributed by atoms with E-state index in [-0.39, 0.29) is 5.92 Å². The molecule has 3 rings (SSSR count). The van der Waals surface area contributed by atoms with Crippen molar-refractivity contribution in [3.8, 4) is 0 Å². The highest BCUT2D eigenvalue weighted by atomic mass is 35.5. The van der Waals surface area contributed by atoms with E-state index in [9.17, 15) is 4.79 Å². The molecule has 2 aromatic carbocycles. The molecule has 0 aliphatic carbocycles. The first-order valence-electron chi connectivity index (χ1n) is 7.41. The number of aldehydes is 1. The fourth-order valence-corrected chi connectivity index (χ4v) is 2.97. The van der Waals surface area contributed by atoms with Gasteiger partial charge in [-0.3, -0.25) is 0 Å². The number of hydrogen-bond donors (Lipinski definition) is 0. The molecule has 0 saturated carbocycles. The highest BCUT2D eigenvalue weighted by Crippen LogP contribution is 2.31. The van der Waals surface area contributed by atoms with Crippen LogP contribution in [0.2, 0.25) is 0 Å². The van der Waals surface area contributed by atoms with E-state index in [1.165, 1.54) is 16.5 Å². The zero-order chi connectivity index (χ0) is 15.5. The molecular formula is C19H18ClNO. The molecule has 3 heteroatoms. The largest absolute Gasteiger partial charge is 0.343 e.